The highest BCUT2D eigenvalue weighted by Crippen LogP contribution is 2.39. The van der Waals surface area contributed by atoms with Crippen molar-refractivity contribution in [3.05, 3.63) is 35.8 Å². The summed E-state index contributed by atoms with van der Waals surface area (Å²) in [7, 11) is 0.277. The molecule has 0 radical (unpaired) electrons. The molecule has 3 N–H and O–H groups in total. The predicted octanol–water partition coefficient (Wildman–Crippen LogP) is 3.97. The van der Waals surface area contributed by atoms with E-state index in [0.717, 1.165) is 29.3 Å². The Morgan fingerprint density at radius 3 is 2.58 bits per heavy atom. The van der Waals surface area contributed by atoms with Crippen molar-refractivity contribution < 1.29 is 34.0 Å². The Labute approximate surface area is 252 Å². The molecule has 12 nitrogen and oxygen atoms in total. The van der Waals surface area contributed by atoms with E-state index in [1.54, 1.807) is 7.11 Å². The molecule has 232 valence electrons. The molecule has 2 fully saturated rings. The van der Waals surface area contributed by atoms with Crippen LogP contribution in [-0.4, -0.2) is 95.3 Å². The number of methoxy groups -OCH3 is 1. The van der Waals surface area contributed by atoms with Crippen LogP contribution in [-0.2, 0) is 11.5 Å². The van der Waals surface area contributed by atoms with Gasteiger partial charge in [-0.15, -0.1) is 0 Å². The number of hydrogen-bond acceptors (Lipinski definition) is 8. The van der Waals surface area contributed by atoms with Crippen molar-refractivity contribution in [1.29, 1.82) is 0 Å². The van der Waals surface area contributed by atoms with E-state index in [9.17, 15) is 19.8 Å². The molecule has 2 amide bonds. The lowest BCUT2D eigenvalue weighted by molar-refractivity contribution is 0.0865. The second-order valence-electron chi connectivity index (χ2n) is 12.6. The molecule has 2 aliphatic rings. The predicted molar refractivity (Wildman–Crippen MR) is 163 cm³/mol. The summed E-state index contributed by atoms with van der Waals surface area (Å²) in [5, 5.41) is 22.7. The van der Waals surface area contributed by atoms with Crippen LogP contribution < -0.4 is 14.8 Å². The van der Waals surface area contributed by atoms with E-state index >= 15 is 0 Å². The molecule has 2 unspecified atom stereocenters. The number of benzene rings is 1. The topological polar surface area (TPSA) is 148 Å². The zero-order valence-corrected chi connectivity index (χ0v) is 26.4. The Balaban J connectivity index is 1.56. The Hall–Kier alpha value is -3.68. The first kappa shape index (κ1) is 30.8. The molecule has 43 heavy (non-hydrogen) atoms. The summed E-state index contributed by atoms with van der Waals surface area (Å²) in [5.41, 5.74) is 3.33. The number of nitrogens with zero attached hydrogens (tertiary/aromatic N) is 4. The maximum atomic E-state index is 13.8. The number of carbonyl (C=O) groups is 2. The highest BCUT2D eigenvalue weighted by Gasteiger charge is 2.36. The summed E-state index contributed by atoms with van der Waals surface area (Å²) in [6.45, 7) is 9.98. The largest absolute Gasteiger partial charge is 0.497 e. The quantitative estimate of drug-likeness (QED) is 0.204. The van der Waals surface area contributed by atoms with E-state index in [-0.39, 0.29) is 19.8 Å². The Bertz CT molecular complexity index is 1500. The average Bonchev–Trinajstić information content (AvgIpc) is 3.65. The molecule has 0 spiro atoms. The van der Waals surface area contributed by atoms with E-state index in [4.69, 9.17) is 14.2 Å². The lowest BCUT2D eigenvalue weighted by Crippen LogP contribution is -2.43. The van der Waals surface area contributed by atoms with Crippen LogP contribution in [0.5, 0.6) is 11.5 Å². The zero-order valence-electron chi connectivity index (χ0n) is 25.4. The molecule has 1 saturated carbocycles. The third-order valence-corrected chi connectivity index (χ3v) is 9.74. The second-order valence-corrected chi connectivity index (χ2v) is 18.2. The van der Waals surface area contributed by atoms with Gasteiger partial charge in [0.25, 0.3) is 5.91 Å². The minimum Gasteiger partial charge on any atom is -0.497 e. The zero-order chi connectivity index (χ0) is 30.9. The first-order valence-electron chi connectivity index (χ1n) is 14.7. The fourth-order valence-electron chi connectivity index (χ4n) is 5.22. The smallest absolute Gasteiger partial charge is 0.407 e. The molecule has 3 heterocycles. The number of aromatic nitrogens is 3. The van der Waals surface area contributed by atoms with Crippen molar-refractivity contribution in [1.82, 2.24) is 24.8 Å². The molecule has 1 aliphatic heterocycles. The number of amides is 2. The number of carbonyl (C=O) groups excluding carboxylic acids is 1. The Kier molecular flexibility index (Phi) is 8.95. The lowest BCUT2D eigenvalue weighted by Gasteiger charge is -2.17. The Morgan fingerprint density at radius 1 is 1.16 bits per heavy atom. The van der Waals surface area contributed by atoms with Crippen molar-refractivity contribution in [2.75, 3.05) is 33.4 Å². The molecule has 5 rings (SSSR count). The van der Waals surface area contributed by atoms with Gasteiger partial charge in [0.15, 0.2) is 0 Å². The van der Waals surface area contributed by atoms with Gasteiger partial charge in [-0.25, -0.2) is 14.8 Å². The van der Waals surface area contributed by atoms with Gasteiger partial charge in [-0.3, -0.25) is 4.79 Å². The number of nitrogens with one attached hydrogen (secondary N) is 1. The molecule has 0 bridgehead atoms. The number of hydrogen-bond donors (Lipinski definition) is 3. The first-order valence-corrected chi connectivity index (χ1v) is 18.4. The van der Waals surface area contributed by atoms with Crippen LogP contribution in [0.15, 0.2) is 24.5 Å². The summed E-state index contributed by atoms with van der Waals surface area (Å²) in [6, 6.07) is 5.83. The van der Waals surface area contributed by atoms with Gasteiger partial charge in [0, 0.05) is 38.5 Å². The third-order valence-electron chi connectivity index (χ3n) is 8.03. The molecular weight excluding hydrogens is 570 g/mol. The number of aliphatic hydroxyl groups excluding tert-OH is 1. The Morgan fingerprint density at radius 2 is 1.93 bits per heavy atom. The highest BCUT2D eigenvalue weighted by atomic mass is 28.3. The van der Waals surface area contributed by atoms with Crippen LogP contribution in [0.3, 0.4) is 0 Å². The number of aliphatic hydroxyl groups is 1. The number of ether oxygens (including phenoxy) is 3. The van der Waals surface area contributed by atoms with Gasteiger partial charge >= 0.3 is 6.09 Å². The summed E-state index contributed by atoms with van der Waals surface area (Å²) < 4.78 is 19.8. The van der Waals surface area contributed by atoms with Gasteiger partial charge in [0.2, 0.25) is 0 Å². The standard InChI is InChI=1S/C30H41N5O7Si/c1-18-25(29(37)33-22-13-34(30(38)39)14-23(22)36)27-28(35(18)17-41-10-11-43(3,4)5)26(31-16-32-27)21-9-8-20(40-2)12-24(21)42-15-19-6-7-19/h8-9,12,16,19,22-23,36H,6-7,10-11,13-15,17H2,1-5H3,(H,33,37)(H,38,39). The average molecular weight is 612 g/mol. The van der Waals surface area contributed by atoms with Crippen LogP contribution in [0, 0.1) is 12.8 Å². The van der Waals surface area contributed by atoms with E-state index in [2.05, 4.69) is 34.9 Å². The van der Waals surface area contributed by atoms with Crippen molar-refractivity contribution in [2.45, 2.75) is 64.3 Å². The third kappa shape index (κ3) is 6.94. The van der Waals surface area contributed by atoms with Gasteiger partial charge in [-0.1, -0.05) is 19.6 Å². The van der Waals surface area contributed by atoms with Crippen molar-refractivity contribution in [3.8, 4) is 22.8 Å². The van der Waals surface area contributed by atoms with Crippen LogP contribution in [0.1, 0.15) is 28.9 Å². The van der Waals surface area contributed by atoms with Crippen LogP contribution >= 0.6 is 0 Å². The minimum absolute atomic E-state index is 0.00644. The van der Waals surface area contributed by atoms with Gasteiger partial charge in [0.1, 0.15) is 35.8 Å². The van der Waals surface area contributed by atoms with Crippen LogP contribution in [0.25, 0.3) is 22.3 Å². The fraction of sp³-hybridized carbons (Fsp3) is 0.533. The SMILES string of the molecule is COc1ccc(-c2ncnc3c(C(=O)NC4CN(C(=O)O)CC4O)c(C)n(COCC[Si](C)(C)C)c23)c(OCC2CC2)c1. The van der Waals surface area contributed by atoms with Crippen molar-refractivity contribution in [3.63, 3.8) is 0 Å². The molecule has 2 aromatic heterocycles. The van der Waals surface area contributed by atoms with E-state index in [1.807, 2.05) is 29.7 Å². The van der Waals surface area contributed by atoms with Gasteiger partial charge in [-0.2, -0.15) is 0 Å². The number of rotatable bonds is 12. The van der Waals surface area contributed by atoms with Crippen molar-refractivity contribution in [2.24, 2.45) is 5.92 Å². The minimum atomic E-state index is -1.33. The number of carboxylic acid groups (broad SMARTS) is 1. The number of likely N-dealkylation sites (tertiary alicyclic amines) is 1. The number of fused-ring (bicyclic) bond motifs is 1. The lowest BCUT2D eigenvalue weighted by atomic mass is 10.1. The monoisotopic (exact) mass is 611 g/mol. The molecule has 13 heteroatoms. The highest BCUT2D eigenvalue weighted by molar-refractivity contribution is 6.76. The fourth-order valence-corrected chi connectivity index (χ4v) is 5.97. The summed E-state index contributed by atoms with van der Waals surface area (Å²) >= 11 is 0. The van der Waals surface area contributed by atoms with Gasteiger partial charge in [-0.05, 0) is 43.9 Å². The van der Waals surface area contributed by atoms with Crippen LogP contribution in [0.4, 0.5) is 4.79 Å². The summed E-state index contributed by atoms with van der Waals surface area (Å²) in [4.78, 5) is 35.5. The molecular formula is C30H41N5O7Si. The van der Waals surface area contributed by atoms with E-state index < -0.39 is 32.2 Å². The molecule has 3 aromatic rings. The van der Waals surface area contributed by atoms with Crippen LogP contribution in [0.2, 0.25) is 25.7 Å². The molecule has 1 saturated heterocycles. The molecule has 2 atom stereocenters. The van der Waals surface area contributed by atoms with Gasteiger partial charge < -0.3 is 39.2 Å². The molecule has 1 aromatic carbocycles. The normalized spacial score (nSPS) is 18.7. The molecule has 1 aliphatic carbocycles. The summed E-state index contributed by atoms with van der Waals surface area (Å²) in [6.07, 6.45) is 1.55. The summed E-state index contributed by atoms with van der Waals surface area (Å²) in [5.74, 6) is 1.37. The van der Waals surface area contributed by atoms with E-state index in [1.165, 1.54) is 6.33 Å². The number of β-amino-alcohol motifs (C(OH)–C–C–N with tert-alkyl or cyclic N) is 1. The van der Waals surface area contributed by atoms with Gasteiger partial charge in [0.05, 0.1) is 43.5 Å². The maximum Gasteiger partial charge on any atom is 0.407 e. The van der Waals surface area contributed by atoms with E-state index in [0.29, 0.717) is 58.6 Å². The second kappa shape index (κ2) is 12.5. The van der Waals surface area contributed by atoms with Crippen molar-refractivity contribution >= 4 is 31.1 Å². The maximum absolute atomic E-state index is 13.8. The first-order chi connectivity index (χ1) is 20.5.